The van der Waals surface area contributed by atoms with Crippen molar-refractivity contribution in [3.8, 4) is 44.9 Å². The average Bonchev–Trinajstić information content (AvgIpc) is 3.56. The molecule has 2 heterocycles. The van der Waals surface area contributed by atoms with E-state index in [1.54, 1.807) is 0 Å². The number of hydrogen-bond acceptors (Lipinski definition) is 3. The predicted octanol–water partition coefficient (Wildman–Crippen LogP) is 10.8. The third-order valence-electron chi connectivity index (χ3n) is 9.28. The zero-order valence-corrected chi connectivity index (χ0v) is 24.5. The van der Waals surface area contributed by atoms with Gasteiger partial charge in [0.05, 0.1) is 11.2 Å². The second-order valence-corrected chi connectivity index (χ2v) is 12.2. The van der Waals surface area contributed by atoms with Crippen LogP contribution in [0.4, 0.5) is 0 Å². The highest BCUT2D eigenvalue weighted by molar-refractivity contribution is 6.10. The maximum Gasteiger partial charge on any atom is 0.160 e. The van der Waals surface area contributed by atoms with Crippen molar-refractivity contribution in [1.29, 1.82) is 0 Å². The molecule has 3 heteroatoms. The lowest BCUT2D eigenvalue weighted by atomic mass is 9.82. The molecule has 0 spiro atoms. The lowest BCUT2D eigenvalue weighted by Crippen LogP contribution is -2.15. The normalized spacial score (nSPS) is 13.4. The van der Waals surface area contributed by atoms with Gasteiger partial charge in [-0.2, -0.15) is 0 Å². The van der Waals surface area contributed by atoms with Gasteiger partial charge in [0.1, 0.15) is 11.2 Å². The van der Waals surface area contributed by atoms with Crippen LogP contribution in [0.1, 0.15) is 25.0 Å². The molecule has 1 aliphatic rings. The molecule has 0 atom stereocenters. The molecule has 44 heavy (non-hydrogen) atoms. The van der Waals surface area contributed by atoms with Gasteiger partial charge < -0.3 is 4.42 Å². The minimum Gasteiger partial charge on any atom is -0.456 e. The summed E-state index contributed by atoms with van der Waals surface area (Å²) in [6.45, 7) is 4.60. The first kappa shape index (κ1) is 25.0. The number of nitrogens with zero attached hydrogens (tertiary/aromatic N) is 2. The summed E-state index contributed by atoms with van der Waals surface area (Å²) in [6.07, 6.45) is 0. The lowest BCUT2D eigenvalue weighted by Gasteiger charge is -2.21. The van der Waals surface area contributed by atoms with E-state index < -0.39 is 0 Å². The fraction of sp³-hybridized carbons (Fsp3) is 0.0732. The van der Waals surface area contributed by atoms with Gasteiger partial charge in [0.15, 0.2) is 5.82 Å². The first-order valence-electron chi connectivity index (χ1n) is 15.1. The van der Waals surface area contributed by atoms with Crippen molar-refractivity contribution >= 4 is 32.8 Å². The molecule has 3 nitrogen and oxygen atoms in total. The Morgan fingerprint density at radius 2 is 1.23 bits per heavy atom. The topological polar surface area (TPSA) is 38.9 Å². The number of rotatable bonds is 3. The molecule has 0 radical (unpaired) electrons. The number of aromatic nitrogens is 2. The Balaban J connectivity index is 1.20. The molecule has 1 aliphatic carbocycles. The van der Waals surface area contributed by atoms with Crippen molar-refractivity contribution in [3.63, 3.8) is 0 Å². The molecule has 8 aromatic rings. The van der Waals surface area contributed by atoms with Gasteiger partial charge in [0, 0.05) is 38.3 Å². The number of benzene rings is 6. The molecule has 9 rings (SSSR count). The highest BCUT2D eigenvalue weighted by Crippen LogP contribution is 2.52. The summed E-state index contributed by atoms with van der Waals surface area (Å²) in [7, 11) is 0. The average molecular weight is 565 g/mol. The molecule has 0 N–H and O–H groups in total. The number of hydrogen-bond donors (Lipinski definition) is 0. The van der Waals surface area contributed by atoms with Crippen molar-refractivity contribution in [2.75, 3.05) is 0 Å². The van der Waals surface area contributed by atoms with Crippen LogP contribution in [0.5, 0.6) is 0 Å². The summed E-state index contributed by atoms with van der Waals surface area (Å²) in [5, 5.41) is 3.24. The van der Waals surface area contributed by atoms with Gasteiger partial charge in [-0.1, -0.05) is 117 Å². The molecular weight excluding hydrogens is 536 g/mol. The molecule has 0 saturated heterocycles. The van der Waals surface area contributed by atoms with Crippen molar-refractivity contribution in [2.45, 2.75) is 19.3 Å². The summed E-state index contributed by atoms with van der Waals surface area (Å²) in [5.74, 6) is 0.705. The van der Waals surface area contributed by atoms with Gasteiger partial charge in [-0.05, 0) is 58.1 Å². The number of para-hydroxylation sites is 1. The minimum atomic E-state index is -0.144. The van der Waals surface area contributed by atoms with Crippen LogP contribution in [0.15, 0.2) is 138 Å². The maximum atomic E-state index is 6.62. The quantitative estimate of drug-likeness (QED) is 0.214. The van der Waals surface area contributed by atoms with E-state index in [9.17, 15) is 0 Å². The monoisotopic (exact) mass is 564 g/mol. The van der Waals surface area contributed by atoms with Crippen LogP contribution < -0.4 is 0 Å². The number of fused-ring (bicyclic) bond motifs is 8. The van der Waals surface area contributed by atoms with Gasteiger partial charge in [-0.25, -0.2) is 9.97 Å². The van der Waals surface area contributed by atoms with Crippen molar-refractivity contribution in [2.24, 2.45) is 0 Å². The van der Waals surface area contributed by atoms with E-state index in [1.807, 2.05) is 12.1 Å². The van der Waals surface area contributed by atoms with Gasteiger partial charge >= 0.3 is 0 Å². The van der Waals surface area contributed by atoms with Gasteiger partial charge in [0.2, 0.25) is 0 Å². The third kappa shape index (κ3) is 3.62. The fourth-order valence-electron chi connectivity index (χ4n) is 7.10. The largest absolute Gasteiger partial charge is 0.456 e. The van der Waals surface area contributed by atoms with Crippen LogP contribution in [0.2, 0.25) is 0 Å². The van der Waals surface area contributed by atoms with Crippen LogP contribution in [0, 0.1) is 0 Å². The summed E-state index contributed by atoms with van der Waals surface area (Å²) in [6, 6.07) is 46.9. The van der Waals surface area contributed by atoms with Crippen molar-refractivity contribution in [1.82, 2.24) is 9.97 Å². The van der Waals surface area contributed by atoms with E-state index >= 15 is 0 Å². The van der Waals surface area contributed by atoms with E-state index in [1.165, 1.54) is 33.4 Å². The summed E-state index contributed by atoms with van der Waals surface area (Å²) >= 11 is 0. The van der Waals surface area contributed by atoms with E-state index in [0.29, 0.717) is 5.82 Å². The van der Waals surface area contributed by atoms with Crippen LogP contribution in [-0.4, -0.2) is 9.97 Å². The number of furan rings is 1. The Morgan fingerprint density at radius 3 is 2.09 bits per heavy atom. The minimum absolute atomic E-state index is 0.144. The van der Waals surface area contributed by atoms with Gasteiger partial charge in [-0.15, -0.1) is 0 Å². The molecule has 0 amide bonds. The lowest BCUT2D eigenvalue weighted by molar-refractivity contribution is 0.620. The Kier molecular flexibility index (Phi) is 5.24. The summed E-state index contributed by atoms with van der Waals surface area (Å²) in [5.41, 5.74) is 13.1. The van der Waals surface area contributed by atoms with Crippen LogP contribution in [0.25, 0.3) is 77.7 Å². The molecule has 6 aromatic carbocycles. The highest BCUT2D eigenvalue weighted by Gasteiger charge is 2.38. The van der Waals surface area contributed by atoms with E-state index in [4.69, 9.17) is 14.4 Å². The van der Waals surface area contributed by atoms with Crippen LogP contribution in [-0.2, 0) is 5.41 Å². The first-order chi connectivity index (χ1) is 21.6. The Bertz CT molecular complexity index is 2400. The summed E-state index contributed by atoms with van der Waals surface area (Å²) in [4.78, 5) is 10.2. The zero-order chi connectivity index (χ0) is 29.4. The van der Waals surface area contributed by atoms with Gasteiger partial charge in [-0.3, -0.25) is 0 Å². The van der Waals surface area contributed by atoms with Crippen LogP contribution >= 0.6 is 0 Å². The molecule has 0 aliphatic heterocycles. The van der Waals surface area contributed by atoms with Gasteiger partial charge in [0.25, 0.3) is 0 Å². The molecule has 0 unspecified atom stereocenters. The maximum absolute atomic E-state index is 6.62. The molecule has 208 valence electrons. The fourth-order valence-corrected chi connectivity index (χ4v) is 7.10. The zero-order valence-electron chi connectivity index (χ0n) is 24.5. The second-order valence-electron chi connectivity index (χ2n) is 12.2. The first-order valence-corrected chi connectivity index (χ1v) is 15.1. The molecule has 0 bridgehead atoms. The Morgan fingerprint density at radius 1 is 0.523 bits per heavy atom. The predicted molar refractivity (Wildman–Crippen MR) is 181 cm³/mol. The smallest absolute Gasteiger partial charge is 0.160 e. The van der Waals surface area contributed by atoms with Crippen molar-refractivity contribution < 1.29 is 4.42 Å². The highest BCUT2D eigenvalue weighted by atomic mass is 16.3. The van der Waals surface area contributed by atoms with E-state index in [0.717, 1.165) is 49.7 Å². The Labute approximate surface area is 255 Å². The Hall–Kier alpha value is -5.54. The molecule has 0 saturated carbocycles. The van der Waals surface area contributed by atoms with E-state index in [-0.39, 0.29) is 5.41 Å². The SMILES string of the molecule is CC1(C)c2ccccc2-c2ccc3c(oc4ccc(-c5nc(-c6ccc(-c7ccccc7)cc6)c6ccccc6n5)cc43)c21. The molecule has 0 fully saturated rings. The molecular formula is C41H28N2O. The van der Waals surface area contributed by atoms with Crippen LogP contribution in [0.3, 0.4) is 0 Å². The third-order valence-corrected chi connectivity index (χ3v) is 9.28. The second kappa shape index (κ2) is 9.23. The van der Waals surface area contributed by atoms with E-state index in [2.05, 4.69) is 135 Å². The molecule has 2 aromatic heterocycles. The standard InChI is InChI=1S/C41H28N2O/c1-41(2)34-14-8-6-12-29(34)30-21-22-31-33-24-28(20-23-36(33)44-39(31)37(30)41)40-42-35-15-9-7-13-32(35)38(43-40)27-18-16-26(17-19-27)25-10-4-3-5-11-25/h3-24H,1-2H3. The van der Waals surface area contributed by atoms with Crippen molar-refractivity contribution in [3.05, 3.63) is 145 Å². The summed E-state index contributed by atoms with van der Waals surface area (Å²) < 4.78 is 6.62.